The van der Waals surface area contributed by atoms with E-state index in [-0.39, 0.29) is 0 Å². The lowest BCUT2D eigenvalue weighted by Crippen LogP contribution is -2.37. The van der Waals surface area contributed by atoms with Crippen LogP contribution in [0.5, 0.6) is 0 Å². The van der Waals surface area contributed by atoms with E-state index in [4.69, 9.17) is 9.72 Å². The van der Waals surface area contributed by atoms with Crippen molar-refractivity contribution in [1.29, 1.82) is 0 Å². The highest BCUT2D eigenvalue weighted by molar-refractivity contribution is 5.83. The smallest absolute Gasteiger partial charge is 0.224 e. The molecule has 1 saturated heterocycles. The summed E-state index contributed by atoms with van der Waals surface area (Å²) in [6, 6.07) is 8.36. The van der Waals surface area contributed by atoms with E-state index in [2.05, 4.69) is 40.1 Å². The zero-order valence-electron chi connectivity index (χ0n) is 13.4. The van der Waals surface area contributed by atoms with Gasteiger partial charge in [-0.3, -0.25) is 4.98 Å². The number of aryl methyl sites for hydroxylation is 2. The molecule has 1 aliphatic rings. The number of rotatable bonds is 2. The first kappa shape index (κ1) is 14.1. The third-order valence-electron chi connectivity index (χ3n) is 4.13. The fraction of sp³-hybridized carbons (Fsp3) is 0.353. The summed E-state index contributed by atoms with van der Waals surface area (Å²) in [6.07, 6.45) is 1.84. The van der Waals surface area contributed by atoms with Gasteiger partial charge >= 0.3 is 0 Å². The number of pyridine rings is 1. The van der Waals surface area contributed by atoms with Gasteiger partial charge in [0.1, 0.15) is 0 Å². The van der Waals surface area contributed by atoms with Gasteiger partial charge in [0.05, 0.1) is 18.7 Å². The van der Waals surface area contributed by atoms with Crippen molar-refractivity contribution in [3.05, 3.63) is 36.0 Å². The van der Waals surface area contributed by atoms with Crippen molar-refractivity contribution < 1.29 is 4.74 Å². The van der Waals surface area contributed by atoms with E-state index in [0.29, 0.717) is 5.82 Å². The number of fused-ring (bicyclic) bond motifs is 1. The van der Waals surface area contributed by atoms with E-state index in [1.165, 1.54) is 5.56 Å². The van der Waals surface area contributed by atoms with Crippen LogP contribution in [0.4, 0.5) is 5.95 Å². The molecule has 0 saturated carbocycles. The quantitative estimate of drug-likeness (QED) is 0.726. The molecule has 0 radical (unpaired) electrons. The minimum absolute atomic E-state index is 0.713. The second-order valence-electron chi connectivity index (χ2n) is 5.88. The molecule has 0 unspecified atom stereocenters. The van der Waals surface area contributed by atoms with Crippen molar-refractivity contribution in [2.24, 2.45) is 7.05 Å². The topological polar surface area (TPSA) is 56.1 Å². The van der Waals surface area contributed by atoms with Crippen molar-refractivity contribution in [2.45, 2.75) is 6.92 Å². The molecular weight excluding hydrogens is 290 g/mol. The molecule has 0 spiro atoms. The Labute approximate surface area is 134 Å². The second kappa shape index (κ2) is 5.62. The SMILES string of the molecule is Cc1ccc2ncc(-c3nc(N4CCOCC4)n(C)n3)cc2c1. The first-order valence-corrected chi connectivity index (χ1v) is 7.81. The number of anilines is 1. The third kappa shape index (κ3) is 2.66. The normalized spacial score (nSPS) is 15.3. The van der Waals surface area contributed by atoms with Gasteiger partial charge in [0.2, 0.25) is 5.95 Å². The molecule has 0 amide bonds. The van der Waals surface area contributed by atoms with Gasteiger partial charge in [0, 0.05) is 37.3 Å². The maximum atomic E-state index is 5.40. The van der Waals surface area contributed by atoms with E-state index < -0.39 is 0 Å². The molecule has 3 heterocycles. The Kier molecular flexibility index (Phi) is 3.46. The van der Waals surface area contributed by atoms with Crippen LogP contribution in [-0.2, 0) is 11.8 Å². The molecular formula is C17H19N5O. The van der Waals surface area contributed by atoms with Gasteiger partial charge in [-0.1, -0.05) is 11.6 Å². The Morgan fingerprint density at radius 1 is 1.13 bits per heavy atom. The first-order valence-electron chi connectivity index (χ1n) is 7.81. The van der Waals surface area contributed by atoms with Gasteiger partial charge in [-0.15, -0.1) is 5.10 Å². The molecule has 3 aromatic rings. The van der Waals surface area contributed by atoms with Gasteiger partial charge in [-0.2, -0.15) is 4.98 Å². The van der Waals surface area contributed by atoms with Gasteiger partial charge in [0.15, 0.2) is 5.82 Å². The van der Waals surface area contributed by atoms with E-state index in [9.17, 15) is 0 Å². The Hall–Kier alpha value is -2.47. The van der Waals surface area contributed by atoms with Crippen LogP contribution < -0.4 is 4.90 Å². The minimum Gasteiger partial charge on any atom is -0.378 e. The summed E-state index contributed by atoms with van der Waals surface area (Å²) in [4.78, 5) is 11.4. The summed E-state index contributed by atoms with van der Waals surface area (Å²) in [5.74, 6) is 1.59. The minimum atomic E-state index is 0.713. The van der Waals surface area contributed by atoms with Crippen molar-refractivity contribution in [3.63, 3.8) is 0 Å². The fourth-order valence-electron chi connectivity index (χ4n) is 2.91. The van der Waals surface area contributed by atoms with Gasteiger partial charge < -0.3 is 9.64 Å². The van der Waals surface area contributed by atoms with Crippen molar-refractivity contribution in [3.8, 4) is 11.4 Å². The van der Waals surface area contributed by atoms with Crippen LogP contribution in [0.2, 0.25) is 0 Å². The predicted molar refractivity (Wildman–Crippen MR) is 89.5 cm³/mol. The lowest BCUT2D eigenvalue weighted by Gasteiger charge is -2.26. The van der Waals surface area contributed by atoms with Crippen molar-refractivity contribution in [1.82, 2.24) is 19.7 Å². The van der Waals surface area contributed by atoms with Crippen molar-refractivity contribution >= 4 is 16.9 Å². The first-order chi connectivity index (χ1) is 11.2. The maximum absolute atomic E-state index is 5.40. The molecule has 23 heavy (non-hydrogen) atoms. The monoisotopic (exact) mass is 309 g/mol. The number of aromatic nitrogens is 4. The lowest BCUT2D eigenvalue weighted by atomic mass is 10.1. The van der Waals surface area contributed by atoms with Crippen LogP contribution in [0.25, 0.3) is 22.3 Å². The molecule has 118 valence electrons. The fourth-order valence-corrected chi connectivity index (χ4v) is 2.91. The zero-order chi connectivity index (χ0) is 15.8. The summed E-state index contributed by atoms with van der Waals surface area (Å²) in [7, 11) is 1.93. The van der Waals surface area contributed by atoms with Gasteiger partial charge in [-0.25, -0.2) is 4.68 Å². The number of nitrogens with zero attached hydrogens (tertiary/aromatic N) is 5. The molecule has 4 rings (SSSR count). The van der Waals surface area contributed by atoms with E-state index >= 15 is 0 Å². The Morgan fingerprint density at radius 2 is 1.96 bits per heavy atom. The van der Waals surface area contributed by atoms with E-state index in [1.807, 2.05) is 24.0 Å². The Bertz CT molecular complexity index is 851. The largest absolute Gasteiger partial charge is 0.378 e. The third-order valence-corrected chi connectivity index (χ3v) is 4.13. The van der Waals surface area contributed by atoms with E-state index in [0.717, 1.165) is 48.7 Å². The molecule has 6 heteroatoms. The predicted octanol–water partition coefficient (Wildman–Crippen LogP) is 2.18. The lowest BCUT2D eigenvalue weighted by molar-refractivity contribution is 0.121. The van der Waals surface area contributed by atoms with Crippen LogP contribution in [0, 0.1) is 6.92 Å². The van der Waals surface area contributed by atoms with Gasteiger partial charge in [-0.05, 0) is 25.1 Å². The highest BCUT2D eigenvalue weighted by Gasteiger charge is 2.18. The molecule has 6 nitrogen and oxygen atoms in total. The highest BCUT2D eigenvalue weighted by atomic mass is 16.5. The molecule has 0 atom stereocenters. The molecule has 1 aliphatic heterocycles. The number of hydrogen-bond donors (Lipinski definition) is 0. The van der Waals surface area contributed by atoms with Crippen LogP contribution in [0.15, 0.2) is 30.5 Å². The molecule has 1 aromatic carbocycles. The highest BCUT2D eigenvalue weighted by Crippen LogP contribution is 2.23. The Balaban J connectivity index is 1.72. The molecule has 1 fully saturated rings. The summed E-state index contributed by atoms with van der Waals surface area (Å²) in [6.45, 7) is 5.25. The van der Waals surface area contributed by atoms with Crippen LogP contribution in [-0.4, -0.2) is 46.1 Å². The van der Waals surface area contributed by atoms with Crippen LogP contribution in [0.1, 0.15) is 5.56 Å². The average molecular weight is 309 g/mol. The van der Waals surface area contributed by atoms with Crippen molar-refractivity contribution in [2.75, 3.05) is 31.2 Å². The maximum Gasteiger partial charge on any atom is 0.224 e. The zero-order valence-corrected chi connectivity index (χ0v) is 13.4. The number of ether oxygens (including phenoxy) is 1. The van der Waals surface area contributed by atoms with Crippen LogP contribution in [0.3, 0.4) is 0 Å². The average Bonchev–Trinajstić information content (AvgIpc) is 2.97. The molecule has 0 aliphatic carbocycles. The summed E-state index contributed by atoms with van der Waals surface area (Å²) in [5, 5.41) is 5.68. The Morgan fingerprint density at radius 3 is 2.78 bits per heavy atom. The second-order valence-corrected chi connectivity index (χ2v) is 5.88. The molecule has 0 bridgehead atoms. The summed E-state index contributed by atoms with van der Waals surface area (Å²) in [5.41, 5.74) is 3.15. The summed E-state index contributed by atoms with van der Waals surface area (Å²) >= 11 is 0. The number of hydrogen-bond acceptors (Lipinski definition) is 5. The molecule has 2 aromatic heterocycles. The van der Waals surface area contributed by atoms with E-state index in [1.54, 1.807) is 0 Å². The number of morpholine rings is 1. The number of benzene rings is 1. The molecule has 0 N–H and O–H groups in total. The standard InChI is InChI=1S/C17H19N5O/c1-12-3-4-15-13(9-12)10-14(11-18-15)16-19-17(21(2)20-16)22-5-7-23-8-6-22/h3-4,9-11H,5-8H2,1-2H3. The summed E-state index contributed by atoms with van der Waals surface area (Å²) < 4.78 is 7.24. The van der Waals surface area contributed by atoms with Gasteiger partial charge in [0.25, 0.3) is 0 Å². The van der Waals surface area contributed by atoms with Crippen LogP contribution >= 0.6 is 0 Å².